The van der Waals surface area contributed by atoms with Crippen molar-refractivity contribution in [2.75, 3.05) is 4.72 Å². The van der Waals surface area contributed by atoms with Crippen molar-refractivity contribution >= 4 is 44.8 Å². The number of carbonyl (C=O) groups is 1. The molecule has 2 aliphatic carbocycles. The predicted octanol–water partition coefficient (Wildman–Crippen LogP) is 5.77. The first-order chi connectivity index (χ1) is 15.8. The van der Waals surface area contributed by atoms with E-state index < -0.39 is 16.0 Å². The molecule has 1 heterocycles. The predicted molar refractivity (Wildman–Crippen MR) is 127 cm³/mol. The third kappa shape index (κ3) is 4.58. The van der Waals surface area contributed by atoms with Crippen molar-refractivity contribution in [3.05, 3.63) is 58.7 Å². The molecule has 3 aromatic rings. The topological polar surface area (TPSA) is 106 Å². The lowest BCUT2D eigenvalue weighted by Crippen LogP contribution is -2.25. The minimum Gasteiger partial charge on any atom is -0.488 e. The Morgan fingerprint density at radius 2 is 1.94 bits per heavy atom. The highest BCUT2D eigenvalue weighted by Gasteiger charge is 2.32. The van der Waals surface area contributed by atoms with Gasteiger partial charge in [0.1, 0.15) is 5.75 Å². The maximum atomic E-state index is 13.5. The van der Waals surface area contributed by atoms with Gasteiger partial charge in [0, 0.05) is 17.8 Å². The fraction of sp³-hybridized carbons (Fsp3) is 0.304. The van der Waals surface area contributed by atoms with E-state index in [9.17, 15) is 18.3 Å². The average molecular weight is 505 g/mol. The molecule has 0 unspecified atom stereocenters. The van der Waals surface area contributed by atoms with E-state index in [-0.39, 0.29) is 28.2 Å². The van der Waals surface area contributed by atoms with E-state index in [0.717, 1.165) is 37.0 Å². The van der Waals surface area contributed by atoms with E-state index in [0.29, 0.717) is 21.9 Å². The number of nitrogens with zero attached hydrogens (tertiary/aromatic N) is 1. The number of rotatable bonds is 8. The van der Waals surface area contributed by atoms with Gasteiger partial charge < -0.3 is 9.84 Å². The standard InChI is InChI=1S/C23H21ClN2O5S2/c24-18-12-20(31-15-2-1-3-15)19(11-17(18)21-8-9-25-32-21)26-33(29,30)22-10-14(23(27)28)6-7-16(22)13-4-5-13/h6-13,15,26H,1-5H2,(H,27,28). The lowest BCUT2D eigenvalue weighted by Gasteiger charge is -2.28. The summed E-state index contributed by atoms with van der Waals surface area (Å²) < 4.78 is 39.9. The SMILES string of the molecule is O=C(O)c1ccc(C2CC2)c(S(=O)(=O)Nc2cc(-c3ccns3)c(Cl)cc2OC2CCC2)c1. The highest BCUT2D eigenvalue weighted by Crippen LogP contribution is 2.45. The number of benzene rings is 2. The third-order valence-corrected chi connectivity index (χ3v) is 8.44. The summed E-state index contributed by atoms with van der Waals surface area (Å²) in [5, 5.41) is 9.84. The molecule has 0 spiro atoms. The first kappa shape index (κ1) is 22.2. The molecule has 2 N–H and O–H groups in total. The summed E-state index contributed by atoms with van der Waals surface area (Å²) in [7, 11) is -4.10. The number of halogens is 1. The molecule has 2 aliphatic rings. The first-order valence-electron chi connectivity index (χ1n) is 10.6. The van der Waals surface area contributed by atoms with E-state index >= 15 is 0 Å². The van der Waals surface area contributed by atoms with Gasteiger partial charge in [-0.2, -0.15) is 0 Å². The molecule has 0 radical (unpaired) electrons. The number of ether oxygens (including phenoxy) is 1. The molecule has 0 aliphatic heterocycles. The van der Waals surface area contributed by atoms with Crippen molar-refractivity contribution in [1.82, 2.24) is 4.37 Å². The van der Waals surface area contributed by atoms with Crippen LogP contribution in [0.3, 0.4) is 0 Å². The van der Waals surface area contributed by atoms with Crippen LogP contribution in [-0.2, 0) is 10.0 Å². The number of nitrogens with one attached hydrogen (secondary N) is 1. The van der Waals surface area contributed by atoms with Crippen LogP contribution >= 0.6 is 23.1 Å². The molecule has 0 amide bonds. The fourth-order valence-corrected chi connectivity index (χ4v) is 6.10. The maximum absolute atomic E-state index is 13.5. The second-order valence-corrected chi connectivity index (χ2v) is 11.2. The Labute approximate surface area is 200 Å². The monoisotopic (exact) mass is 504 g/mol. The van der Waals surface area contributed by atoms with Gasteiger partial charge in [-0.15, -0.1) is 0 Å². The van der Waals surface area contributed by atoms with Gasteiger partial charge in [-0.1, -0.05) is 17.7 Å². The summed E-state index contributed by atoms with van der Waals surface area (Å²) in [6.07, 6.45) is 6.27. The van der Waals surface area contributed by atoms with E-state index in [1.165, 1.54) is 23.7 Å². The van der Waals surface area contributed by atoms with Gasteiger partial charge in [0.05, 0.1) is 32.2 Å². The maximum Gasteiger partial charge on any atom is 0.335 e. The van der Waals surface area contributed by atoms with Gasteiger partial charge in [0.15, 0.2) is 0 Å². The van der Waals surface area contributed by atoms with Crippen LogP contribution in [0.5, 0.6) is 5.75 Å². The summed E-state index contributed by atoms with van der Waals surface area (Å²) in [6.45, 7) is 0. The highest BCUT2D eigenvalue weighted by atomic mass is 35.5. The largest absolute Gasteiger partial charge is 0.488 e. The van der Waals surface area contributed by atoms with Crippen LogP contribution in [0.2, 0.25) is 5.02 Å². The molecule has 2 saturated carbocycles. The fourth-order valence-electron chi connectivity index (χ4n) is 3.78. The molecular weight excluding hydrogens is 484 g/mol. The van der Waals surface area contributed by atoms with Crippen LogP contribution in [0.4, 0.5) is 5.69 Å². The lowest BCUT2D eigenvalue weighted by molar-refractivity contribution is 0.0696. The van der Waals surface area contributed by atoms with Crippen LogP contribution < -0.4 is 9.46 Å². The minimum atomic E-state index is -4.10. The molecule has 7 nitrogen and oxygen atoms in total. The molecule has 2 fully saturated rings. The number of aromatic carboxylic acids is 1. The van der Waals surface area contributed by atoms with Crippen molar-refractivity contribution in [1.29, 1.82) is 0 Å². The van der Waals surface area contributed by atoms with E-state index in [1.807, 2.05) is 0 Å². The molecule has 2 aromatic carbocycles. The van der Waals surface area contributed by atoms with Crippen LogP contribution in [0, 0.1) is 0 Å². The van der Waals surface area contributed by atoms with Gasteiger partial charge in [-0.25, -0.2) is 17.6 Å². The summed E-state index contributed by atoms with van der Waals surface area (Å²) >= 11 is 7.76. The average Bonchev–Trinajstić information content (AvgIpc) is 3.45. The quantitative estimate of drug-likeness (QED) is 0.403. The van der Waals surface area contributed by atoms with E-state index in [2.05, 4.69) is 9.10 Å². The number of anilines is 1. The second-order valence-electron chi connectivity index (χ2n) is 8.31. The van der Waals surface area contributed by atoms with Gasteiger partial charge in [-0.05, 0) is 79.4 Å². The number of carboxylic acids is 1. The summed E-state index contributed by atoms with van der Waals surface area (Å²) in [5.74, 6) is -0.714. The van der Waals surface area contributed by atoms with Crippen LogP contribution in [-0.4, -0.2) is 30.0 Å². The van der Waals surface area contributed by atoms with Crippen LogP contribution in [0.1, 0.15) is 53.9 Å². The summed E-state index contributed by atoms with van der Waals surface area (Å²) in [6, 6.07) is 9.36. The Hall–Kier alpha value is -2.62. The number of sulfonamides is 1. The number of hydrogen-bond donors (Lipinski definition) is 2. The van der Waals surface area contributed by atoms with E-state index in [1.54, 1.807) is 30.5 Å². The molecule has 33 heavy (non-hydrogen) atoms. The number of hydrogen-bond acceptors (Lipinski definition) is 6. The van der Waals surface area contributed by atoms with Gasteiger partial charge in [0.2, 0.25) is 0 Å². The Balaban J connectivity index is 1.58. The van der Waals surface area contributed by atoms with Crippen molar-refractivity contribution in [2.24, 2.45) is 0 Å². The molecule has 0 bridgehead atoms. The molecule has 0 saturated heterocycles. The zero-order chi connectivity index (χ0) is 23.2. The lowest BCUT2D eigenvalue weighted by atomic mass is 9.96. The normalized spacial score (nSPS) is 16.3. The Morgan fingerprint density at radius 1 is 1.15 bits per heavy atom. The second kappa shape index (κ2) is 8.62. The van der Waals surface area contributed by atoms with Gasteiger partial charge in [-0.3, -0.25) is 4.72 Å². The van der Waals surface area contributed by atoms with Gasteiger partial charge >= 0.3 is 5.97 Å². The minimum absolute atomic E-state index is 0.0101. The molecule has 0 atom stereocenters. The van der Waals surface area contributed by atoms with Crippen LogP contribution in [0.15, 0.2) is 47.5 Å². The summed E-state index contributed by atoms with van der Waals surface area (Å²) in [4.78, 5) is 12.3. The molecular formula is C23H21ClN2O5S2. The first-order valence-corrected chi connectivity index (χ1v) is 13.3. The van der Waals surface area contributed by atoms with Crippen molar-refractivity contribution in [3.63, 3.8) is 0 Å². The smallest absolute Gasteiger partial charge is 0.335 e. The number of carboxylic acid groups (broad SMARTS) is 1. The van der Waals surface area contributed by atoms with Crippen molar-refractivity contribution in [2.45, 2.75) is 49.0 Å². The van der Waals surface area contributed by atoms with Gasteiger partial charge in [0.25, 0.3) is 10.0 Å². The molecule has 172 valence electrons. The zero-order valence-corrected chi connectivity index (χ0v) is 19.8. The molecule has 10 heteroatoms. The van der Waals surface area contributed by atoms with Crippen molar-refractivity contribution in [3.8, 4) is 16.2 Å². The van der Waals surface area contributed by atoms with E-state index in [4.69, 9.17) is 16.3 Å². The Morgan fingerprint density at radius 3 is 2.55 bits per heavy atom. The van der Waals surface area contributed by atoms with Crippen molar-refractivity contribution < 1.29 is 23.1 Å². The molecule has 5 rings (SSSR count). The van der Waals surface area contributed by atoms with Crippen LogP contribution in [0.25, 0.3) is 10.4 Å². The summed E-state index contributed by atoms with van der Waals surface area (Å²) in [5.41, 5.74) is 1.45. The Kier molecular flexibility index (Phi) is 5.80. The Bertz CT molecular complexity index is 1320. The molecule has 1 aromatic heterocycles. The highest BCUT2D eigenvalue weighted by molar-refractivity contribution is 7.92. The third-order valence-electron chi connectivity index (χ3n) is 5.93. The number of aromatic nitrogens is 1. The zero-order valence-electron chi connectivity index (χ0n) is 17.5.